The second kappa shape index (κ2) is 5.52. The van der Waals surface area contributed by atoms with Crippen molar-refractivity contribution in [2.75, 3.05) is 14.2 Å². The van der Waals surface area contributed by atoms with Gasteiger partial charge in [0, 0.05) is 4.88 Å². The Kier molecular flexibility index (Phi) is 4.01. The highest BCUT2D eigenvalue weighted by Gasteiger charge is 2.27. The zero-order valence-corrected chi connectivity index (χ0v) is 11.3. The van der Waals surface area contributed by atoms with E-state index in [1.807, 2.05) is 0 Å². The minimum atomic E-state index is -0.476. The average Bonchev–Trinajstić information content (AvgIpc) is 3.04. The van der Waals surface area contributed by atoms with E-state index in [1.165, 1.54) is 38.4 Å². The Labute approximate surface area is 110 Å². The third-order valence-electron chi connectivity index (χ3n) is 3.28. The highest BCUT2D eigenvalue weighted by atomic mass is 32.1. The zero-order valence-electron chi connectivity index (χ0n) is 10.5. The van der Waals surface area contributed by atoms with Gasteiger partial charge in [-0.1, -0.05) is 12.8 Å². The number of hydrogen-bond acceptors (Lipinski definition) is 5. The third-order valence-corrected chi connectivity index (χ3v) is 4.56. The van der Waals surface area contributed by atoms with Gasteiger partial charge in [-0.05, 0) is 24.8 Å². The van der Waals surface area contributed by atoms with Crippen molar-refractivity contribution in [3.8, 4) is 0 Å². The Morgan fingerprint density at radius 3 is 2.33 bits per heavy atom. The van der Waals surface area contributed by atoms with Gasteiger partial charge in [0.05, 0.1) is 19.8 Å². The lowest BCUT2D eigenvalue weighted by atomic mass is 10.1. The second-order valence-electron chi connectivity index (χ2n) is 4.36. The van der Waals surface area contributed by atoms with Crippen LogP contribution in [0.1, 0.15) is 56.5 Å². The molecule has 1 saturated carbocycles. The van der Waals surface area contributed by atoms with Gasteiger partial charge in [0.15, 0.2) is 0 Å². The van der Waals surface area contributed by atoms with Crippen molar-refractivity contribution in [2.24, 2.45) is 0 Å². The number of rotatable bonds is 3. The summed E-state index contributed by atoms with van der Waals surface area (Å²) >= 11 is 1.36. The number of hydrogen-bond donors (Lipinski definition) is 0. The zero-order chi connectivity index (χ0) is 13.1. The smallest absolute Gasteiger partial charge is 0.348 e. The van der Waals surface area contributed by atoms with Crippen LogP contribution in [0.25, 0.3) is 0 Å². The van der Waals surface area contributed by atoms with Crippen LogP contribution in [0.15, 0.2) is 6.07 Å². The van der Waals surface area contributed by atoms with Crippen LogP contribution in [0.3, 0.4) is 0 Å². The molecule has 0 amide bonds. The molecule has 0 N–H and O–H groups in total. The van der Waals surface area contributed by atoms with Crippen molar-refractivity contribution in [3.63, 3.8) is 0 Å². The van der Waals surface area contributed by atoms with Gasteiger partial charge in [-0.25, -0.2) is 9.59 Å². The molecule has 98 valence electrons. The van der Waals surface area contributed by atoms with Crippen molar-refractivity contribution < 1.29 is 19.1 Å². The number of carbonyl (C=O) groups excluding carboxylic acids is 2. The summed E-state index contributed by atoms with van der Waals surface area (Å²) in [5.41, 5.74) is 0.330. The highest BCUT2D eigenvalue weighted by molar-refractivity contribution is 7.14. The van der Waals surface area contributed by atoms with E-state index in [1.54, 1.807) is 6.07 Å². The van der Waals surface area contributed by atoms with Gasteiger partial charge in [-0.3, -0.25) is 0 Å². The Balaban J connectivity index is 2.36. The molecule has 1 aliphatic carbocycles. The Bertz CT molecular complexity index is 424. The molecule has 5 heteroatoms. The molecule has 0 atom stereocenters. The summed E-state index contributed by atoms with van der Waals surface area (Å²) in [5, 5.41) is 0. The van der Waals surface area contributed by atoms with Crippen LogP contribution in [0.5, 0.6) is 0 Å². The van der Waals surface area contributed by atoms with Crippen LogP contribution < -0.4 is 0 Å². The van der Waals surface area contributed by atoms with Crippen LogP contribution in [0.4, 0.5) is 0 Å². The molecule has 1 fully saturated rings. The Morgan fingerprint density at radius 2 is 1.78 bits per heavy atom. The first-order chi connectivity index (χ1) is 8.67. The van der Waals surface area contributed by atoms with Crippen LogP contribution in [-0.2, 0) is 9.47 Å². The maximum Gasteiger partial charge on any atom is 0.348 e. The lowest BCUT2D eigenvalue weighted by Gasteiger charge is -2.03. The van der Waals surface area contributed by atoms with E-state index in [4.69, 9.17) is 9.47 Å². The van der Waals surface area contributed by atoms with Crippen molar-refractivity contribution in [2.45, 2.75) is 31.6 Å². The second-order valence-corrected chi connectivity index (χ2v) is 5.44. The van der Waals surface area contributed by atoms with Crippen molar-refractivity contribution in [3.05, 3.63) is 21.4 Å². The van der Waals surface area contributed by atoms with E-state index >= 15 is 0 Å². The molecule has 0 saturated heterocycles. The summed E-state index contributed by atoms with van der Waals surface area (Å²) in [6.07, 6.45) is 4.68. The highest BCUT2D eigenvalue weighted by Crippen LogP contribution is 2.39. The standard InChI is InChI=1S/C13H16O4S/c1-16-12(14)9-7-10(8-5-3-4-6-8)18-11(9)13(15)17-2/h7-8H,3-6H2,1-2H3. The van der Waals surface area contributed by atoms with E-state index in [0.717, 1.165) is 17.7 Å². The monoisotopic (exact) mass is 268 g/mol. The van der Waals surface area contributed by atoms with E-state index in [9.17, 15) is 9.59 Å². The quantitative estimate of drug-likeness (QED) is 0.791. The maximum absolute atomic E-state index is 11.7. The fraction of sp³-hybridized carbons (Fsp3) is 0.538. The van der Waals surface area contributed by atoms with Gasteiger partial charge >= 0.3 is 11.9 Å². The molecule has 0 radical (unpaired) electrons. The maximum atomic E-state index is 11.7. The molecular weight excluding hydrogens is 252 g/mol. The molecule has 0 bridgehead atoms. The molecule has 18 heavy (non-hydrogen) atoms. The van der Waals surface area contributed by atoms with Gasteiger partial charge < -0.3 is 9.47 Å². The molecular formula is C13H16O4S. The number of esters is 2. The summed E-state index contributed by atoms with van der Waals surface area (Å²) in [4.78, 5) is 24.8. The molecule has 1 aliphatic rings. The summed E-state index contributed by atoms with van der Waals surface area (Å²) in [5.74, 6) is -0.475. The molecule has 0 spiro atoms. The summed E-state index contributed by atoms with van der Waals surface area (Å²) in [6.45, 7) is 0. The number of methoxy groups -OCH3 is 2. The van der Waals surface area contributed by atoms with Gasteiger partial charge in [0.2, 0.25) is 0 Å². The van der Waals surface area contributed by atoms with Crippen LogP contribution in [0.2, 0.25) is 0 Å². The van der Waals surface area contributed by atoms with E-state index in [-0.39, 0.29) is 0 Å². The lowest BCUT2D eigenvalue weighted by Crippen LogP contribution is -2.08. The molecule has 0 aromatic carbocycles. The SMILES string of the molecule is COC(=O)c1cc(C2CCCC2)sc1C(=O)OC. The van der Waals surface area contributed by atoms with Gasteiger partial charge in [0.25, 0.3) is 0 Å². The topological polar surface area (TPSA) is 52.6 Å². The van der Waals surface area contributed by atoms with Crippen molar-refractivity contribution >= 4 is 23.3 Å². The molecule has 2 rings (SSSR count). The minimum Gasteiger partial charge on any atom is -0.465 e. The number of carbonyl (C=O) groups is 2. The number of ether oxygens (including phenoxy) is 2. The fourth-order valence-corrected chi connectivity index (χ4v) is 3.56. The summed E-state index contributed by atoms with van der Waals surface area (Å²) < 4.78 is 9.42. The van der Waals surface area contributed by atoms with E-state index in [2.05, 4.69) is 0 Å². The third kappa shape index (κ3) is 2.41. The molecule has 0 unspecified atom stereocenters. The molecule has 4 nitrogen and oxygen atoms in total. The van der Waals surface area contributed by atoms with Gasteiger partial charge in [0.1, 0.15) is 4.88 Å². The van der Waals surface area contributed by atoms with Crippen LogP contribution in [0, 0.1) is 0 Å². The predicted octanol–water partition coefficient (Wildman–Crippen LogP) is 2.98. The predicted molar refractivity (Wildman–Crippen MR) is 68.2 cm³/mol. The normalized spacial score (nSPS) is 15.7. The largest absolute Gasteiger partial charge is 0.465 e. The first-order valence-corrected chi connectivity index (χ1v) is 6.79. The molecule has 1 heterocycles. The van der Waals surface area contributed by atoms with E-state index in [0.29, 0.717) is 16.4 Å². The fourth-order valence-electron chi connectivity index (χ4n) is 2.33. The average molecular weight is 268 g/mol. The first kappa shape index (κ1) is 13.1. The van der Waals surface area contributed by atoms with Gasteiger partial charge in [-0.2, -0.15) is 0 Å². The first-order valence-electron chi connectivity index (χ1n) is 5.97. The number of thiophene rings is 1. The Hall–Kier alpha value is -1.36. The van der Waals surface area contributed by atoms with Crippen LogP contribution >= 0.6 is 11.3 Å². The van der Waals surface area contributed by atoms with Crippen molar-refractivity contribution in [1.29, 1.82) is 0 Å². The lowest BCUT2D eigenvalue weighted by molar-refractivity contribution is 0.0560. The molecule has 0 aliphatic heterocycles. The minimum absolute atomic E-state index is 0.330. The molecule has 1 aromatic heterocycles. The molecule has 1 aromatic rings. The summed E-state index contributed by atoms with van der Waals surface area (Å²) in [7, 11) is 2.63. The van der Waals surface area contributed by atoms with E-state index < -0.39 is 11.9 Å². The summed E-state index contributed by atoms with van der Waals surface area (Å²) in [6, 6.07) is 1.79. The Morgan fingerprint density at radius 1 is 1.17 bits per heavy atom. The van der Waals surface area contributed by atoms with Crippen molar-refractivity contribution in [1.82, 2.24) is 0 Å². The van der Waals surface area contributed by atoms with Gasteiger partial charge in [-0.15, -0.1) is 11.3 Å². The van der Waals surface area contributed by atoms with Crippen LogP contribution in [-0.4, -0.2) is 26.2 Å².